The van der Waals surface area contributed by atoms with Crippen LogP contribution < -0.4 is 0 Å². The van der Waals surface area contributed by atoms with Gasteiger partial charge in [0.15, 0.2) is 0 Å². The first-order chi connectivity index (χ1) is 27.3. The normalized spacial score (nSPS) is 12.1. The molecule has 55 heavy (non-hydrogen) atoms. The van der Waals surface area contributed by atoms with Crippen molar-refractivity contribution in [3.63, 3.8) is 0 Å². The molecule has 254 valence electrons. The highest BCUT2D eigenvalue weighted by Gasteiger charge is 2.31. The monoisotopic (exact) mass is 695 g/mol. The van der Waals surface area contributed by atoms with E-state index in [0.717, 1.165) is 23.2 Å². The first kappa shape index (κ1) is 30.4. The van der Waals surface area contributed by atoms with Gasteiger partial charge in [0, 0.05) is 17.4 Å². The van der Waals surface area contributed by atoms with Crippen LogP contribution in [0.25, 0.3) is 110 Å². The lowest BCUT2D eigenvalue weighted by Gasteiger charge is -2.20. The Kier molecular flexibility index (Phi) is 6.47. The van der Waals surface area contributed by atoms with E-state index in [4.69, 9.17) is 4.98 Å². The maximum atomic E-state index is 5.47. The van der Waals surface area contributed by atoms with Gasteiger partial charge in [-0.25, -0.2) is 4.98 Å². The third kappa shape index (κ3) is 4.38. The van der Waals surface area contributed by atoms with Gasteiger partial charge in [0.1, 0.15) is 0 Å². The maximum absolute atomic E-state index is 5.47. The average molecular weight is 696 g/mol. The Hall–Kier alpha value is -7.09. The van der Waals surface area contributed by atoms with Crippen molar-refractivity contribution in [3.05, 3.63) is 199 Å². The van der Waals surface area contributed by atoms with Gasteiger partial charge in [0.05, 0.1) is 11.2 Å². The highest BCUT2D eigenvalue weighted by atomic mass is 14.7. The molecule has 2 aliphatic rings. The van der Waals surface area contributed by atoms with Gasteiger partial charge in [-0.2, -0.15) is 0 Å². The summed E-state index contributed by atoms with van der Waals surface area (Å²) < 4.78 is 0. The lowest BCUT2D eigenvalue weighted by atomic mass is 9.82. The van der Waals surface area contributed by atoms with E-state index in [1.165, 1.54) is 105 Å². The Morgan fingerprint density at radius 3 is 1.45 bits per heavy atom. The van der Waals surface area contributed by atoms with E-state index in [0.29, 0.717) is 0 Å². The molecule has 0 bridgehead atoms. The number of pyridine rings is 1. The molecule has 0 spiro atoms. The smallest absolute Gasteiger partial charge is 0.0757 e. The minimum absolute atomic E-state index is 0.785. The van der Waals surface area contributed by atoms with Crippen LogP contribution in [0.3, 0.4) is 0 Å². The quantitative estimate of drug-likeness (QED) is 0.175. The maximum Gasteiger partial charge on any atom is 0.0757 e. The minimum Gasteiger partial charge on any atom is -0.247 e. The number of hydrogen-bond donors (Lipinski definition) is 0. The molecule has 9 aromatic carbocycles. The fraction of sp³-hybridized carbons (Fsp3) is 0.0185. The van der Waals surface area contributed by atoms with Crippen molar-refractivity contribution >= 4 is 32.4 Å². The van der Waals surface area contributed by atoms with Gasteiger partial charge in [-0.05, 0) is 105 Å². The van der Waals surface area contributed by atoms with Crippen molar-refractivity contribution < 1.29 is 0 Å². The van der Waals surface area contributed by atoms with E-state index in [2.05, 4.69) is 188 Å². The van der Waals surface area contributed by atoms with Crippen molar-refractivity contribution in [3.8, 4) is 78.0 Å². The van der Waals surface area contributed by atoms with Crippen LogP contribution in [0.5, 0.6) is 0 Å². The molecule has 0 atom stereocenters. The predicted octanol–water partition coefficient (Wildman–Crippen LogP) is 14.4. The zero-order valence-corrected chi connectivity index (χ0v) is 30.1. The number of nitrogens with zero attached hydrogens (tertiary/aromatic N) is 1. The molecule has 0 saturated heterocycles. The van der Waals surface area contributed by atoms with E-state index in [9.17, 15) is 0 Å². The van der Waals surface area contributed by atoms with E-state index in [-0.39, 0.29) is 0 Å². The Morgan fingerprint density at radius 2 is 0.800 bits per heavy atom. The number of rotatable bonds is 5. The summed E-state index contributed by atoms with van der Waals surface area (Å²) in [6.07, 6.45) is 0.785. The van der Waals surface area contributed by atoms with Gasteiger partial charge in [0.2, 0.25) is 0 Å². The molecule has 0 aliphatic heterocycles. The molecule has 0 unspecified atom stereocenters. The van der Waals surface area contributed by atoms with Gasteiger partial charge in [-0.15, -0.1) is 0 Å². The lowest BCUT2D eigenvalue weighted by molar-refractivity contribution is 1.22. The Labute approximate surface area is 319 Å². The summed E-state index contributed by atoms with van der Waals surface area (Å²) in [7, 11) is 0. The van der Waals surface area contributed by atoms with Crippen molar-refractivity contribution in [1.82, 2.24) is 4.98 Å². The highest BCUT2D eigenvalue weighted by molar-refractivity contribution is 6.28. The number of benzene rings is 9. The molecule has 2 aliphatic carbocycles. The van der Waals surface area contributed by atoms with Crippen LogP contribution in [0.1, 0.15) is 11.1 Å². The van der Waals surface area contributed by atoms with Crippen LogP contribution in [0.4, 0.5) is 0 Å². The SMILES string of the molecule is c1ccc(-c2cc3c4c(ccc(Cc5ccc6c7c(cccc57)-c5c-6c(-c6ccccc6)c6ccccc6c5-c5ccccc5)c4n2)-c2ccccc2-3)cc1. The summed E-state index contributed by atoms with van der Waals surface area (Å²) >= 11 is 0. The van der Waals surface area contributed by atoms with Gasteiger partial charge in [-0.3, -0.25) is 0 Å². The first-order valence-corrected chi connectivity index (χ1v) is 19.2. The summed E-state index contributed by atoms with van der Waals surface area (Å²) in [4.78, 5) is 5.47. The molecule has 10 aromatic rings. The minimum atomic E-state index is 0.785. The highest BCUT2D eigenvalue weighted by Crippen LogP contribution is 2.58. The van der Waals surface area contributed by atoms with Crippen molar-refractivity contribution in [2.45, 2.75) is 6.42 Å². The molecule has 0 radical (unpaired) electrons. The van der Waals surface area contributed by atoms with Crippen LogP contribution in [-0.2, 0) is 6.42 Å². The number of aromatic nitrogens is 1. The zero-order chi connectivity index (χ0) is 36.0. The largest absolute Gasteiger partial charge is 0.247 e. The second-order valence-corrected chi connectivity index (χ2v) is 14.9. The Balaban J connectivity index is 1.11. The fourth-order valence-electron chi connectivity index (χ4n) is 9.72. The summed E-state index contributed by atoms with van der Waals surface area (Å²) in [6.45, 7) is 0. The van der Waals surface area contributed by atoms with Crippen molar-refractivity contribution in [1.29, 1.82) is 0 Å². The molecule has 1 heterocycles. The molecule has 0 saturated carbocycles. The molecule has 0 amide bonds. The molecule has 1 nitrogen and oxygen atoms in total. The second-order valence-electron chi connectivity index (χ2n) is 14.9. The molecule has 12 rings (SSSR count). The second kappa shape index (κ2) is 11.7. The number of fused-ring (bicyclic) bond motifs is 7. The molecule has 1 heteroatoms. The molecular weight excluding hydrogens is 663 g/mol. The molecule has 0 N–H and O–H groups in total. The third-order valence-electron chi connectivity index (χ3n) is 12.0. The van der Waals surface area contributed by atoms with Gasteiger partial charge in [-0.1, -0.05) is 182 Å². The Bertz CT molecular complexity index is 3100. The average Bonchev–Trinajstić information content (AvgIpc) is 3.76. The van der Waals surface area contributed by atoms with E-state index in [1.54, 1.807) is 0 Å². The van der Waals surface area contributed by atoms with Crippen LogP contribution in [0.15, 0.2) is 188 Å². The van der Waals surface area contributed by atoms with Crippen LogP contribution in [-0.4, -0.2) is 4.98 Å². The molecule has 1 aromatic heterocycles. The third-order valence-corrected chi connectivity index (χ3v) is 12.0. The van der Waals surface area contributed by atoms with E-state index in [1.807, 2.05) is 0 Å². The standard InChI is InChI=1S/C54H33N/c1-4-15-33(16-5-1)47-32-46-40-22-11-10-21-39(40)43-29-28-37(54(55-47)51(43)46)31-36-27-30-45-50-38(36)25-14-26-44(50)52-48(34-17-6-2-7-18-34)41-23-12-13-24-42(41)49(53(45)52)35-19-8-3-9-20-35/h1-30,32H,31H2. The van der Waals surface area contributed by atoms with Gasteiger partial charge < -0.3 is 0 Å². The van der Waals surface area contributed by atoms with E-state index < -0.39 is 0 Å². The molecule has 0 fully saturated rings. The summed E-state index contributed by atoms with van der Waals surface area (Å²) in [5.74, 6) is 0. The number of hydrogen-bond acceptors (Lipinski definition) is 1. The summed E-state index contributed by atoms with van der Waals surface area (Å²) in [6, 6.07) is 69.1. The zero-order valence-electron chi connectivity index (χ0n) is 30.1. The van der Waals surface area contributed by atoms with E-state index >= 15 is 0 Å². The fourth-order valence-corrected chi connectivity index (χ4v) is 9.72. The summed E-state index contributed by atoms with van der Waals surface area (Å²) in [5.41, 5.74) is 21.4. The Morgan fingerprint density at radius 1 is 0.309 bits per heavy atom. The lowest BCUT2D eigenvalue weighted by Crippen LogP contribution is -1.96. The van der Waals surface area contributed by atoms with Gasteiger partial charge >= 0.3 is 0 Å². The van der Waals surface area contributed by atoms with Crippen molar-refractivity contribution in [2.24, 2.45) is 0 Å². The summed E-state index contributed by atoms with van der Waals surface area (Å²) in [5, 5.41) is 6.48. The van der Waals surface area contributed by atoms with Crippen LogP contribution in [0.2, 0.25) is 0 Å². The van der Waals surface area contributed by atoms with Crippen LogP contribution >= 0.6 is 0 Å². The van der Waals surface area contributed by atoms with Crippen molar-refractivity contribution in [2.75, 3.05) is 0 Å². The van der Waals surface area contributed by atoms with Crippen LogP contribution in [0, 0.1) is 0 Å². The molecular formula is C54H33N. The van der Waals surface area contributed by atoms with Gasteiger partial charge in [0.25, 0.3) is 0 Å². The topological polar surface area (TPSA) is 12.9 Å². The predicted molar refractivity (Wildman–Crippen MR) is 231 cm³/mol. The first-order valence-electron chi connectivity index (χ1n) is 19.2.